The quantitative estimate of drug-likeness (QED) is 0.566. The highest BCUT2D eigenvalue weighted by molar-refractivity contribution is 6.74. The minimum absolute atomic E-state index is 0.0672. The average molecular weight is 310 g/mol. The number of hydrogen-bond donors (Lipinski definition) is 1. The Bertz CT molecular complexity index is 466. The molecule has 0 heterocycles. The molecule has 1 N–H and O–H groups in total. The lowest BCUT2D eigenvalue weighted by atomic mass is 10.1. The second-order valence-electron chi connectivity index (χ2n) is 6.44. The van der Waals surface area contributed by atoms with Crippen molar-refractivity contribution < 1.29 is 19.1 Å². The molecule has 0 aliphatic rings. The van der Waals surface area contributed by atoms with Crippen LogP contribution >= 0.6 is 0 Å². The Kier molecular flexibility index (Phi) is 5.84. The second kappa shape index (κ2) is 6.98. The molecular weight excluding hydrogens is 284 g/mol. The van der Waals surface area contributed by atoms with E-state index in [0.717, 1.165) is 24.2 Å². The molecule has 0 aliphatic carbocycles. The summed E-state index contributed by atoms with van der Waals surface area (Å²) in [5.41, 5.74) is 0.817. The number of carbonyl (C=O) groups is 1. The fraction of sp³-hybridized carbons (Fsp3) is 0.562. The van der Waals surface area contributed by atoms with Crippen molar-refractivity contribution in [2.75, 3.05) is 0 Å². The van der Waals surface area contributed by atoms with E-state index in [2.05, 4.69) is 38.6 Å². The third-order valence-electron chi connectivity index (χ3n) is 4.16. The number of rotatable bonds is 7. The highest BCUT2D eigenvalue weighted by Crippen LogP contribution is 2.42. The third-order valence-corrected chi connectivity index (χ3v) is 8.42. The van der Waals surface area contributed by atoms with Crippen LogP contribution in [0.2, 0.25) is 18.1 Å². The van der Waals surface area contributed by atoms with Gasteiger partial charge in [-0.2, -0.15) is 0 Å². The first kappa shape index (κ1) is 17.6. The molecule has 5 heteroatoms. The second-order valence-corrected chi connectivity index (χ2v) is 11.0. The highest BCUT2D eigenvalue weighted by atomic mass is 28.4. The monoisotopic (exact) mass is 310 g/mol. The maximum absolute atomic E-state index is 10.4. The van der Waals surface area contributed by atoms with Gasteiger partial charge >= 0.3 is 6.16 Å². The predicted octanol–water partition coefficient (Wildman–Crippen LogP) is 5.05. The van der Waals surface area contributed by atoms with Crippen molar-refractivity contribution in [2.45, 2.75) is 58.4 Å². The Morgan fingerprint density at radius 1 is 1.24 bits per heavy atom. The van der Waals surface area contributed by atoms with Gasteiger partial charge in [-0.3, -0.25) is 0 Å². The van der Waals surface area contributed by atoms with Gasteiger partial charge in [-0.05, 0) is 42.2 Å². The van der Waals surface area contributed by atoms with E-state index in [1.165, 1.54) is 0 Å². The van der Waals surface area contributed by atoms with E-state index in [0.29, 0.717) is 0 Å². The molecule has 0 spiro atoms. The molecule has 0 fully saturated rings. The third kappa shape index (κ3) is 5.08. The Hall–Kier alpha value is -1.49. The predicted molar refractivity (Wildman–Crippen MR) is 86.3 cm³/mol. The average Bonchev–Trinajstić information content (AvgIpc) is 2.37. The van der Waals surface area contributed by atoms with E-state index in [9.17, 15) is 4.79 Å². The normalized spacial score (nSPS) is 12.0. The topological polar surface area (TPSA) is 55.8 Å². The summed E-state index contributed by atoms with van der Waals surface area (Å²) in [6.45, 7) is 11.3. The van der Waals surface area contributed by atoms with Crippen LogP contribution in [0.3, 0.4) is 0 Å². The van der Waals surface area contributed by atoms with Crippen LogP contribution in [0.25, 0.3) is 0 Å². The summed E-state index contributed by atoms with van der Waals surface area (Å²) in [4.78, 5) is 10.4. The zero-order valence-corrected chi connectivity index (χ0v) is 14.6. The minimum atomic E-state index is -1.87. The molecular formula is C16H26O4Si. The van der Waals surface area contributed by atoms with Crippen LogP contribution in [0.5, 0.6) is 5.75 Å². The van der Waals surface area contributed by atoms with Gasteiger partial charge in [0.2, 0.25) is 0 Å². The van der Waals surface area contributed by atoms with E-state index in [1.807, 2.05) is 24.3 Å². The Morgan fingerprint density at radius 3 is 2.29 bits per heavy atom. The number of benzene rings is 1. The van der Waals surface area contributed by atoms with E-state index in [4.69, 9.17) is 9.53 Å². The van der Waals surface area contributed by atoms with Gasteiger partial charge in [-0.25, -0.2) is 4.79 Å². The van der Waals surface area contributed by atoms with E-state index >= 15 is 0 Å². The van der Waals surface area contributed by atoms with Crippen LogP contribution in [-0.4, -0.2) is 19.6 Å². The van der Waals surface area contributed by atoms with Gasteiger partial charge in [0.05, 0.1) is 0 Å². The van der Waals surface area contributed by atoms with Gasteiger partial charge in [0.1, 0.15) is 12.4 Å². The Balaban J connectivity index is 2.72. The van der Waals surface area contributed by atoms with Gasteiger partial charge in [-0.1, -0.05) is 39.3 Å². The summed E-state index contributed by atoms with van der Waals surface area (Å²) in [5.74, 6) is 0.843. The van der Waals surface area contributed by atoms with Crippen LogP contribution in [-0.2, 0) is 11.3 Å². The molecule has 1 aromatic carbocycles. The SMILES string of the molecule is CCCC(C)(C)[Si](C)(C)Oc1ccc(COC(=O)O)cc1. The van der Waals surface area contributed by atoms with Crippen molar-refractivity contribution in [3.63, 3.8) is 0 Å². The van der Waals surface area contributed by atoms with Crippen LogP contribution in [0.1, 0.15) is 39.2 Å². The molecule has 0 radical (unpaired) electrons. The molecule has 0 bridgehead atoms. The van der Waals surface area contributed by atoms with Crippen LogP contribution in [0, 0.1) is 0 Å². The van der Waals surface area contributed by atoms with E-state index in [1.54, 1.807) is 0 Å². The van der Waals surface area contributed by atoms with Gasteiger partial charge in [0, 0.05) is 0 Å². The lowest BCUT2D eigenvalue weighted by Crippen LogP contribution is -2.45. The maximum Gasteiger partial charge on any atom is 0.506 e. The lowest BCUT2D eigenvalue weighted by Gasteiger charge is -2.39. The number of ether oxygens (including phenoxy) is 1. The van der Waals surface area contributed by atoms with Gasteiger partial charge in [0.15, 0.2) is 0 Å². The molecule has 0 atom stereocenters. The zero-order valence-electron chi connectivity index (χ0n) is 13.6. The van der Waals surface area contributed by atoms with Crippen molar-refractivity contribution in [1.82, 2.24) is 0 Å². The van der Waals surface area contributed by atoms with Crippen molar-refractivity contribution in [1.29, 1.82) is 0 Å². The molecule has 21 heavy (non-hydrogen) atoms. The van der Waals surface area contributed by atoms with Crippen LogP contribution in [0.15, 0.2) is 24.3 Å². The van der Waals surface area contributed by atoms with E-state index in [-0.39, 0.29) is 11.6 Å². The summed E-state index contributed by atoms with van der Waals surface area (Å²) in [7, 11) is -1.87. The van der Waals surface area contributed by atoms with Crippen molar-refractivity contribution in [3.8, 4) is 5.75 Å². The fourth-order valence-corrected chi connectivity index (χ4v) is 4.01. The molecule has 0 saturated carbocycles. The first-order chi connectivity index (χ1) is 9.68. The molecule has 4 nitrogen and oxygen atoms in total. The van der Waals surface area contributed by atoms with Crippen molar-refractivity contribution in [2.24, 2.45) is 0 Å². The molecule has 0 unspecified atom stereocenters. The molecule has 0 aromatic heterocycles. The highest BCUT2D eigenvalue weighted by Gasteiger charge is 2.41. The number of hydrogen-bond acceptors (Lipinski definition) is 3. The standard InChI is InChI=1S/C16H26O4Si/c1-6-11-16(2,3)21(4,5)20-14-9-7-13(8-10-14)12-19-15(17)18/h7-10H,6,11-12H2,1-5H3,(H,17,18). The summed E-state index contributed by atoms with van der Waals surface area (Å²) < 4.78 is 10.8. The largest absolute Gasteiger partial charge is 0.543 e. The van der Waals surface area contributed by atoms with Crippen molar-refractivity contribution >= 4 is 14.5 Å². The molecule has 1 rings (SSSR count). The molecule has 0 saturated heterocycles. The van der Waals surface area contributed by atoms with E-state index < -0.39 is 14.5 Å². The van der Waals surface area contributed by atoms with Gasteiger partial charge < -0.3 is 14.3 Å². The molecule has 118 valence electrons. The summed E-state index contributed by atoms with van der Waals surface area (Å²) in [5, 5.41) is 8.68. The van der Waals surface area contributed by atoms with Gasteiger partial charge in [-0.15, -0.1) is 0 Å². The summed E-state index contributed by atoms with van der Waals surface area (Å²) in [6, 6.07) is 7.46. The summed E-state index contributed by atoms with van der Waals surface area (Å²) >= 11 is 0. The van der Waals surface area contributed by atoms with Crippen LogP contribution in [0.4, 0.5) is 4.79 Å². The van der Waals surface area contributed by atoms with Crippen molar-refractivity contribution in [3.05, 3.63) is 29.8 Å². The first-order valence-corrected chi connectivity index (χ1v) is 10.2. The molecule has 1 aromatic rings. The zero-order chi connectivity index (χ0) is 16.1. The maximum atomic E-state index is 10.4. The van der Waals surface area contributed by atoms with Gasteiger partial charge in [0.25, 0.3) is 8.32 Å². The summed E-state index contributed by atoms with van der Waals surface area (Å²) in [6.07, 6.45) is 1.04. The Morgan fingerprint density at radius 2 is 1.81 bits per heavy atom. The minimum Gasteiger partial charge on any atom is -0.543 e. The number of carboxylic acid groups (broad SMARTS) is 1. The fourth-order valence-electron chi connectivity index (χ4n) is 2.16. The first-order valence-electron chi connectivity index (χ1n) is 7.31. The van der Waals surface area contributed by atoms with Crippen LogP contribution < -0.4 is 4.43 Å². The molecule has 0 amide bonds. The molecule has 0 aliphatic heterocycles. The smallest absolute Gasteiger partial charge is 0.506 e. The lowest BCUT2D eigenvalue weighted by molar-refractivity contribution is 0.0854. The Labute approximate surface area is 128 Å².